The summed E-state index contributed by atoms with van der Waals surface area (Å²) in [4.78, 5) is 17.6. The van der Waals surface area contributed by atoms with Gasteiger partial charge in [-0.25, -0.2) is 4.99 Å². The number of primary amides is 1. The number of carbonyl (C=O) groups is 1. The van der Waals surface area contributed by atoms with Gasteiger partial charge in [0.1, 0.15) is 6.04 Å². The van der Waals surface area contributed by atoms with Crippen LogP contribution in [-0.4, -0.2) is 58.9 Å². The van der Waals surface area contributed by atoms with Gasteiger partial charge in [-0.2, -0.15) is 0 Å². The van der Waals surface area contributed by atoms with Crippen LogP contribution in [-0.2, 0) is 9.53 Å². The number of aliphatic hydroxyl groups excluding tert-OH is 1. The molecule has 1 amide bonds. The molecule has 0 aromatic heterocycles. The summed E-state index contributed by atoms with van der Waals surface area (Å²) in [6.07, 6.45) is 1.14. The predicted molar refractivity (Wildman–Crippen MR) is 87.0 cm³/mol. The molecule has 0 aliphatic carbocycles. The molecule has 0 bridgehead atoms. The third kappa shape index (κ3) is 3.12. The van der Waals surface area contributed by atoms with E-state index in [4.69, 9.17) is 10.5 Å². The van der Waals surface area contributed by atoms with Crippen LogP contribution in [0.15, 0.2) is 47.3 Å². The Bertz CT molecular complexity index is 670. The molecule has 0 saturated carbocycles. The Morgan fingerprint density at radius 1 is 1.33 bits per heavy atom. The molecule has 24 heavy (non-hydrogen) atoms. The maximum absolute atomic E-state index is 11.5. The van der Waals surface area contributed by atoms with Gasteiger partial charge < -0.3 is 26.0 Å². The first kappa shape index (κ1) is 16.4. The summed E-state index contributed by atoms with van der Waals surface area (Å²) < 4.78 is 5.38. The van der Waals surface area contributed by atoms with Gasteiger partial charge in [0.2, 0.25) is 0 Å². The summed E-state index contributed by atoms with van der Waals surface area (Å²) in [5.41, 5.74) is 5.71. The number of hydrogen-bond donors (Lipinski definition) is 4. The van der Waals surface area contributed by atoms with Gasteiger partial charge in [-0.15, -0.1) is 0 Å². The first-order valence-corrected chi connectivity index (χ1v) is 7.67. The van der Waals surface area contributed by atoms with Gasteiger partial charge in [-0.1, -0.05) is 30.3 Å². The van der Waals surface area contributed by atoms with E-state index in [1.807, 2.05) is 35.2 Å². The second-order valence-electron chi connectivity index (χ2n) is 5.69. The predicted octanol–water partition coefficient (Wildman–Crippen LogP) is -0.365. The summed E-state index contributed by atoms with van der Waals surface area (Å²) in [6, 6.07) is 8.76. The monoisotopic (exact) mass is 332 g/mol. The third-order valence-corrected chi connectivity index (χ3v) is 4.09. The highest BCUT2D eigenvalue weighted by atomic mass is 16.5. The van der Waals surface area contributed by atoms with Crippen molar-refractivity contribution >= 4 is 11.6 Å². The number of amides is 1. The van der Waals surface area contributed by atoms with Crippen LogP contribution >= 0.6 is 0 Å². The average Bonchev–Trinajstić information content (AvgIpc) is 2.59. The highest BCUT2D eigenvalue weighted by Gasteiger charge is 2.44. The molecule has 2 atom stereocenters. The number of nitrogens with one attached hydrogen (secondary N) is 1. The van der Waals surface area contributed by atoms with E-state index in [2.05, 4.69) is 10.3 Å². The fourth-order valence-corrected chi connectivity index (χ4v) is 2.99. The van der Waals surface area contributed by atoms with Crippen molar-refractivity contribution in [3.8, 4) is 0 Å². The summed E-state index contributed by atoms with van der Waals surface area (Å²) in [5.74, 6) is -3.15. The number of hydrogen-bond acceptors (Lipinski definition) is 7. The van der Waals surface area contributed by atoms with Gasteiger partial charge >= 0.3 is 0 Å². The lowest BCUT2D eigenvalue weighted by atomic mass is 9.98. The summed E-state index contributed by atoms with van der Waals surface area (Å²) in [5, 5.41) is 23.6. The Labute approximate surface area is 139 Å². The number of morpholine rings is 1. The Morgan fingerprint density at radius 3 is 2.62 bits per heavy atom. The van der Waals surface area contributed by atoms with Gasteiger partial charge in [0, 0.05) is 19.3 Å². The van der Waals surface area contributed by atoms with Crippen LogP contribution < -0.4 is 11.1 Å². The molecule has 0 radical (unpaired) electrons. The van der Waals surface area contributed by atoms with E-state index in [-0.39, 0.29) is 5.71 Å². The normalized spacial score (nSPS) is 26.0. The van der Waals surface area contributed by atoms with Crippen molar-refractivity contribution in [2.24, 2.45) is 10.7 Å². The lowest BCUT2D eigenvalue weighted by Gasteiger charge is -2.43. The van der Waals surface area contributed by atoms with Crippen LogP contribution in [0.5, 0.6) is 0 Å². The van der Waals surface area contributed by atoms with Gasteiger partial charge in [0.15, 0.2) is 11.5 Å². The standard InChI is InChI=1S/C16H20N4O4/c17-15(22)13-12(21)10-18-16(23,19-13)14(11-4-2-1-3-5-11)20-6-8-24-9-7-20/h1-5,10,14,18,21,23H,6-9H2,(H2,17,22). The zero-order valence-corrected chi connectivity index (χ0v) is 13.1. The van der Waals surface area contributed by atoms with Crippen molar-refractivity contribution in [2.75, 3.05) is 26.3 Å². The molecule has 1 saturated heterocycles. The number of nitrogens with two attached hydrogens (primary N) is 1. The average molecular weight is 332 g/mol. The molecule has 0 spiro atoms. The largest absolute Gasteiger partial charge is 0.504 e. The molecule has 1 aromatic carbocycles. The van der Waals surface area contributed by atoms with Crippen molar-refractivity contribution < 1.29 is 19.7 Å². The third-order valence-electron chi connectivity index (χ3n) is 4.09. The number of aliphatic imine (C=N–C) groups is 1. The van der Waals surface area contributed by atoms with E-state index < -0.39 is 23.6 Å². The topological polar surface area (TPSA) is 120 Å². The summed E-state index contributed by atoms with van der Waals surface area (Å²) >= 11 is 0. The van der Waals surface area contributed by atoms with E-state index in [1.54, 1.807) is 0 Å². The second-order valence-corrected chi connectivity index (χ2v) is 5.69. The number of nitrogens with zero attached hydrogens (tertiary/aromatic N) is 2. The van der Waals surface area contributed by atoms with Crippen molar-refractivity contribution in [2.45, 2.75) is 11.9 Å². The SMILES string of the molecule is NC(=O)C1=NC(O)(C(c2ccccc2)N2CCOCC2)NC=C1O. The Kier molecular flexibility index (Phi) is 4.52. The minimum absolute atomic E-state index is 0.356. The van der Waals surface area contributed by atoms with Crippen LogP contribution in [0.2, 0.25) is 0 Å². The number of benzene rings is 1. The van der Waals surface area contributed by atoms with Crippen LogP contribution in [0.3, 0.4) is 0 Å². The van der Waals surface area contributed by atoms with E-state index in [9.17, 15) is 15.0 Å². The molecule has 8 heteroatoms. The number of ether oxygens (including phenoxy) is 1. The number of carbonyl (C=O) groups excluding carboxylic acids is 1. The van der Waals surface area contributed by atoms with Crippen LogP contribution in [0.25, 0.3) is 0 Å². The quantitative estimate of drug-likeness (QED) is 0.597. The van der Waals surface area contributed by atoms with Gasteiger partial charge in [0.05, 0.1) is 13.2 Å². The minimum Gasteiger partial charge on any atom is -0.504 e. The maximum Gasteiger partial charge on any atom is 0.270 e. The van der Waals surface area contributed by atoms with Crippen molar-refractivity contribution in [1.29, 1.82) is 0 Å². The Balaban J connectivity index is 2.03. The van der Waals surface area contributed by atoms with Crippen LogP contribution in [0.1, 0.15) is 11.6 Å². The molecule has 8 nitrogen and oxygen atoms in total. The minimum atomic E-state index is -1.84. The summed E-state index contributed by atoms with van der Waals surface area (Å²) in [6.45, 7) is 2.27. The Morgan fingerprint density at radius 2 is 2.00 bits per heavy atom. The van der Waals surface area contributed by atoms with Crippen molar-refractivity contribution in [3.63, 3.8) is 0 Å². The molecule has 2 aliphatic heterocycles. The maximum atomic E-state index is 11.5. The molecule has 2 heterocycles. The van der Waals surface area contributed by atoms with E-state index in [1.165, 1.54) is 0 Å². The van der Waals surface area contributed by atoms with E-state index >= 15 is 0 Å². The molecule has 128 valence electrons. The van der Waals surface area contributed by atoms with E-state index in [0.29, 0.717) is 26.3 Å². The lowest BCUT2D eigenvalue weighted by Crippen LogP contribution is -2.57. The molecular weight excluding hydrogens is 312 g/mol. The fourth-order valence-electron chi connectivity index (χ4n) is 2.99. The van der Waals surface area contributed by atoms with E-state index in [0.717, 1.165) is 11.8 Å². The molecule has 1 fully saturated rings. The molecule has 3 rings (SSSR count). The zero-order valence-electron chi connectivity index (χ0n) is 13.1. The smallest absolute Gasteiger partial charge is 0.270 e. The highest BCUT2D eigenvalue weighted by Crippen LogP contribution is 2.34. The van der Waals surface area contributed by atoms with Gasteiger partial charge in [-0.05, 0) is 5.56 Å². The Hall–Kier alpha value is -2.42. The lowest BCUT2D eigenvalue weighted by molar-refractivity contribution is -0.113. The van der Waals surface area contributed by atoms with Gasteiger partial charge in [-0.3, -0.25) is 9.69 Å². The second kappa shape index (κ2) is 6.60. The molecule has 2 aliphatic rings. The van der Waals surface area contributed by atoms with Crippen molar-refractivity contribution in [3.05, 3.63) is 47.9 Å². The first-order chi connectivity index (χ1) is 11.5. The first-order valence-electron chi connectivity index (χ1n) is 7.67. The van der Waals surface area contributed by atoms with Crippen molar-refractivity contribution in [1.82, 2.24) is 10.2 Å². The summed E-state index contributed by atoms with van der Waals surface area (Å²) in [7, 11) is 0. The molecule has 2 unspecified atom stereocenters. The van der Waals surface area contributed by atoms with Crippen LogP contribution in [0, 0.1) is 0 Å². The molecule has 1 aromatic rings. The molecule has 5 N–H and O–H groups in total. The fraction of sp³-hybridized carbons (Fsp3) is 0.375. The number of rotatable bonds is 4. The zero-order chi connectivity index (χ0) is 17.2. The molecular formula is C16H20N4O4. The van der Waals surface area contributed by atoms with Gasteiger partial charge in [0.25, 0.3) is 11.8 Å². The highest BCUT2D eigenvalue weighted by molar-refractivity contribution is 6.44. The van der Waals surface area contributed by atoms with Crippen LogP contribution in [0.4, 0.5) is 0 Å². The number of aliphatic hydroxyl groups is 2.